The molecule has 0 atom stereocenters. The van der Waals surface area contributed by atoms with Crippen molar-refractivity contribution in [2.45, 2.75) is 39.5 Å². The van der Waals surface area contributed by atoms with Gasteiger partial charge in [-0.3, -0.25) is 0 Å². The third-order valence-corrected chi connectivity index (χ3v) is 4.18. The normalized spacial score (nSPS) is 10.4. The van der Waals surface area contributed by atoms with E-state index in [0.29, 0.717) is 0 Å². The predicted molar refractivity (Wildman–Crippen MR) is 92.7 cm³/mol. The Kier molecular flexibility index (Phi) is 8.37. The Balaban J connectivity index is 2.64. The van der Waals surface area contributed by atoms with Crippen molar-refractivity contribution >= 4 is 45.2 Å². The molecule has 0 amide bonds. The van der Waals surface area contributed by atoms with Crippen molar-refractivity contribution in [1.82, 2.24) is 0 Å². The molecule has 0 N–H and O–H groups in total. The summed E-state index contributed by atoms with van der Waals surface area (Å²) in [4.78, 5) is 0. The van der Waals surface area contributed by atoms with Gasteiger partial charge in [0.15, 0.2) is 0 Å². The highest BCUT2D eigenvalue weighted by molar-refractivity contribution is 14.1. The largest absolute Gasteiger partial charge is 0.492 e. The van der Waals surface area contributed by atoms with Crippen molar-refractivity contribution in [2.75, 3.05) is 13.2 Å². The van der Waals surface area contributed by atoms with Gasteiger partial charge in [0.1, 0.15) is 11.5 Å². The van der Waals surface area contributed by atoms with E-state index in [1.807, 2.05) is 0 Å². The first kappa shape index (κ1) is 16.3. The molecule has 0 unspecified atom stereocenters. The van der Waals surface area contributed by atoms with Gasteiger partial charge in [-0.2, -0.15) is 0 Å². The van der Waals surface area contributed by atoms with Crippen LogP contribution in [-0.4, -0.2) is 13.2 Å². The molecule has 0 saturated carbocycles. The molecule has 1 aromatic rings. The average molecular weight is 474 g/mol. The molecule has 0 spiro atoms. The molecule has 2 nitrogen and oxygen atoms in total. The molecule has 0 aliphatic carbocycles. The van der Waals surface area contributed by atoms with Gasteiger partial charge in [-0.25, -0.2) is 0 Å². The minimum absolute atomic E-state index is 0.790. The van der Waals surface area contributed by atoms with Crippen molar-refractivity contribution in [3.05, 3.63) is 19.3 Å². The third-order valence-electron chi connectivity index (χ3n) is 2.50. The summed E-state index contributed by atoms with van der Waals surface area (Å²) in [5.41, 5.74) is 0. The van der Waals surface area contributed by atoms with Gasteiger partial charge in [-0.15, -0.1) is 0 Å². The summed E-state index contributed by atoms with van der Waals surface area (Å²) in [6, 6.07) is 4.14. The second-order valence-electron chi connectivity index (χ2n) is 4.12. The third kappa shape index (κ3) is 5.50. The molecule has 0 saturated heterocycles. The van der Waals surface area contributed by atoms with Gasteiger partial charge in [-0.05, 0) is 70.2 Å². The molecular formula is C14H20I2O2. The minimum atomic E-state index is 0.790. The maximum Gasteiger partial charge on any atom is 0.133 e. The highest BCUT2D eigenvalue weighted by Crippen LogP contribution is 2.31. The van der Waals surface area contributed by atoms with Gasteiger partial charge in [-0.1, -0.05) is 26.7 Å². The van der Waals surface area contributed by atoms with Gasteiger partial charge in [0.05, 0.1) is 20.4 Å². The molecule has 1 aromatic carbocycles. The van der Waals surface area contributed by atoms with Crippen LogP contribution in [0.5, 0.6) is 11.5 Å². The van der Waals surface area contributed by atoms with Gasteiger partial charge in [0, 0.05) is 0 Å². The second kappa shape index (κ2) is 9.23. The Labute approximate surface area is 137 Å². The van der Waals surface area contributed by atoms with Crippen LogP contribution in [-0.2, 0) is 0 Å². The molecule has 1 rings (SSSR count). The van der Waals surface area contributed by atoms with E-state index in [1.165, 1.54) is 0 Å². The van der Waals surface area contributed by atoms with E-state index in [9.17, 15) is 0 Å². The van der Waals surface area contributed by atoms with Crippen LogP contribution in [0.4, 0.5) is 0 Å². The summed E-state index contributed by atoms with van der Waals surface area (Å²) in [6.07, 6.45) is 4.51. The molecule has 4 heteroatoms. The van der Waals surface area contributed by atoms with Crippen LogP contribution in [0.3, 0.4) is 0 Å². The Bertz CT molecular complexity index is 331. The fourth-order valence-electron chi connectivity index (χ4n) is 1.38. The molecule has 0 bridgehead atoms. The van der Waals surface area contributed by atoms with Crippen LogP contribution in [0.1, 0.15) is 39.5 Å². The summed E-state index contributed by atoms with van der Waals surface area (Å²) in [6.45, 7) is 5.92. The first-order chi connectivity index (χ1) is 8.69. The Morgan fingerprint density at radius 2 is 1.22 bits per heavy atom. The molecule has 18 heavy (non-hydrogen) atoms. The van der Waals surface area contributed by atoms with E-state index in [1.54, 1.807) is 0 Å². The zero-order chi connectivity index (χ0) is 13.4. The zero-order valence-electron chi connectivity index (χ0n) is 11.0. The summed E-state index contributed by atoms with van der Waals surface area (Å²) in [5.74, 6) is 1.94. The van der Waals surface area contributed by atoms with Crippen molar-refractivity contribution in [3.8, 4) is 11.5 Å². The summed E-state index contributed by atoms with van der Waals surface area (Å²) in [5, 5.41) is 0. The average Bonchev–Trinajstić information content (AvgIpc) is 2.35. The number of hydrogen-bond donors (Lipinski definition) is 0. The van der Waals surface area contributed by atoms with Gasteiger partial charge in [0.2, 0.25) is 0 Å². The van der Waals surface area contributed by atoms with Crippen LogP contribution >= 0.6 is 45.2 Å². The van der Waals surface area contributed by atoms with Gasteiger partial charge < -0.3 is 9.47 Å². The zero-order valence-corrected chi connectivity index (χ0v) is 15.3. The maximum atomic E-state index is 5.77. The summed E-state index contributed by atoms with van der Waals surface area (Å²) >= 11 is 4.61. The topological polar surface area (TPSA) is 18.5 Å². The monoisotopic (exact) mass is 474 g/mol. The number of benzene rings is 1. The summed E-state index contributed by atoms with van der Waals surface area (Å²) < 4.78 is 13.8. The highest BCUT2D eigenvalue weighted by Gasteiger charge is 2.08. The predicted octanol–water partition coefficient (Wildman–Crippen LogP) is 5.25. The molecular weight excluding hydrogens is 454 g/mol. The molecule has 0 heterocycles. The lowest BCUT2D eigenvalue weighted by molar-refractivity contribution is 0.297. The number of unbranched alkanes of at least 4 members (excludes halogenated alkanes) is 2. The van der Waals surface area contributed by atoms with E-state index < -0.39 is 0 Å². The molecule has 0 aliphatic heterocycles. The highest BCUT2D eigenvalue weighted by atomic mass is 127. The van der Waals surface area contributed by atoms with Crippen LogP contribution in [0.2, 0.25) is 0 Å². The van der Waals surface area contributed by atoms with E-state index >= 15 is 0 Å². The van der Waals surface area contributed by atoms with Crippen LogP contribution in [0, 0.1) is 7.14 Å². The lowest BCUT2D eigenvalue weighted by Gasteiger charge is -2.12. The molecule has 0 fully saturated rings. The first-order valence-electron chi connectivity index (χ1n) is 6.43. The SMILES string of the molecule is CCCCOc1cc(I)c(OCCCC)cc1I. The van der Waals surface area contributed by atoms with E-state index in [2.05, 4.69) is 71.2 Å². The van der Waals surface area contributed by atoms with Crippen molar-refractivity contribution < 1.29 is 9.47 Å². The van der Waals surface area contributed by atoms with Gasteiger partial charge >= 0.3 is 0 Å². The van der Waals surface area contributed by atoms with Gasteiger partial charge in [0.25, 0.3) is 0 Å². The fraction of sp³-hybridized carbons (Fsp3) is 0.571. The number of rotatable bonds is 8. The van der Waals surface area contributed by atoms with E-state index in [4.69, 9.17) is 9.47 Å². The van der Waals surface area contributed by atoms with Crippen LogP contribution < -0.4 is 9.47 Å². The smallest absolute Gasteiger partial charge is 0.133 e. The molecule has 0 aromatic heterocycles. The number of hydrogen-bond acceptors (Lipinski definition) is 2. The molecule has 102 valence electrons. The van der Waals surface area contributed by atoms with Crippen molar-refractivity contribution in [1.29, 1.82) is 0 Å². The quantitative estimate of drug-likeness (QED) is 0.379. The maximum absolute atomic E-state index is 5.77. The molecule has 0 radical (unpaired) electrons. The second-order valence-corrected chi connectivity index (χ2v) is 6.44. The molecule has 0 aliphatic rings. The standard InChI is InChI=1S/C14H20I2O2/c1-3-5-7-17-13-9-12(16)14(10-11(13)15)18-8-6-4-2/h9-10H,3-8H2,1-2H3. The minimum Gasteiger partial charge on any atom is -0.492 e. The summed E-state index contributed by atoms with van der Waals surface area (Å²) in [7, 11) is 0. The lowest BCUT2D eigenvalue weighted by atomic mass is 10.3. The van der Waals surface area contributed by atoms with E-state index in [0.717, 1.165) is 57.5 Å². The Morgan fingerprint density at radius 1 is 0.833 bits per heavy atom. The van der Waals surface area contributed by atoms with E-state index in [-0.39, 0.29) is 0 Å². The van der Waals surface area contributed by atoms with Crippen molar-refractivity contribution in [3.63, 3.8) is 0 Å². The Hall–Kier alpha value is 0.280. The fourth-order valence-corrected chi connectivity index (χ4v) is 2.57. The number of halogens is 2. The van der Waals surface area contributed by atoms with Crippen LogP contribution in [0.25, 0.3) is 0 Å². The number of ether oxygens (including phenoxy) is 2. The van der Waals surface area contributed by atoms with Crippen molar-refractivity contribution in [2.24, 2.45) is 0 Å². The Morgan fingerprint density at radius 3 is 1.56 bits per heavy atom. The first-order valence-corrected chi connectivity index (χ1v) is 8.59. The lowest BCUT2D eigenvalue weighted by Crippen LogP contribution is -2.02. The van der Waals surface area contributed by atoms with Crippen LogP contribution in [0.15, 0.2) is 12.1 Å².